The van der Waals surface area contributed by atoms with Crippen LogP contribution in [0, 0.1) is 0 Å². The van der Waals surface area contributed by atoms with Crippen LogP contribution >= 0.6 is 0 Å². The monoisotopic (exact) mass is 232 g/mol. The first-order chi connectivity index (χ1) is 8.18. The fourth-order valence-corrected chi connectivity index (χ4v) is 0.999. The zero-order chi connectivity index (χ0) is 12.5. The fourth-order valence-electron chi connectivity index (χ4n) is 0.999. The van der Waals surface area contributed by atoms with Gasteiger partial charge in [0.15, 0.2) is 0 Å². The number of carboxylic acid groups (broad SMARTS) is 1. The first kappa shape index (κ1) is 12.5. The summed E-state index contributed by atoms with van der Waals surface area (Å²) in [6, 6.07) is 12.0. The Labute approximate surface area is 98.4 Å². The van der Waals surface area contributed by atoms with Gasteiger partial charge in [-0.15, -0.1) is 0 Å². The highest BCUT2D eigenvalue weighted by molar-refractivity contribution is 5.82. The zero-order valence-corrected chi connectivity index (χ0v) is 8.95. The second-order valence-corrected chi connectivity index (χ2v) is 3.01. The average Bonchev–Trinajstić information content (AvgIpc) is 2.31. The van der Waals surface area contributed by atoms with E-state index < -0.39 is 6.09 Å². The minimum atomic E-state index is -1.04. The second-order valence-electron chi connectivity index (χ2n) is 3.01. The molecule has 5 heteroatoms. The van der Waals surface area contributed by atoms with E-state index >= 15 is 0 Å². The lowest BCUT2D eigenvalue weighted by Gasteiger charge is -1.96. The summed E-state index contributed by atoms with van der Waals surface area (Å²) in [5.74, 6) is 0.211. The number of carbonyl (C=O) groups is 1. The third-order valence-electron chi connectivity index (χ3n) is 1.67. The van der Waals surface area contributed by atoms with Gasteiger partial charge in [-0.25, -0.2) is 4.79 Å². The van der Waals surface area contributed by atoms with Gasteiger partial charge in [-0.1, -0.05) is 18.2 Å². The van der Waals surface area contributed by atoms with E-state index in [1.165, 1.54) is 6.20 Å². The van der Waals surface area contributed by atoms with Crippen molar-refractivity contribution in [3.8, 4) is 5.75 Å². The number of aromatic hydroxyl groups is 1. The van der Waals surface area contributed by atoms with Gasteiger partial charge in [0.2, 0.25) is 0 Å². The van der Waals surface area contributed by atoms with Gasteiger partial charge in [0.05, 0.1) is 6.20 Å². The smallest absolute Gasteiger partial charge is 0.409 e. The van der Waals surface area contributed by atoms with E-state index in [-0.39, 0.29) is 5.75 Å². The molecule has 88 valence electrons. The maximum Gasteiger partial charge on any atom is 0.409 e. The number of rotatable bonds is 1. The highest BCUT2D eigenvalue weighted by atomic mass is 16.4. The first-order valence-electron chi connectivity index (χ1n) is 4.82. The zero-order valence-electron chi connectivity index (χ0n) is 8.95. The first-order valence-corrected chi connectivity index (χ1v) is 4.82. The lowest BCUT2D eigenvalue weighted by molar-refractivity contribution is 0.210. The van der Waals surface area contributed by atoms with Crippen molar-refractivity contribution in [2.45, 2.75) is 0 Å². The normalized spacial score (nSPS) is 8.71. The van der Waals surface area contributed by atoms with E-state index in [9.17, 15) is 4.79 Å². The summed E-state index contributed by atoms with van der Waals surface area (Å²) < 4.78 is 0. The summed E-state index contributed by atoms with van der Waals surface area (Å²) >= 11 is 0. The Morgan fingerprint density at radius 3 is 2.24 bits per heavy atom. The van der Waals surface area contributed by atoms with Crippen LogP contribution in [0.15, 0.2) is 54.9 Å². The van der Waals surface area contributed by atoms with Gasteiger partial charge in [-0.05, 0) is 24.3 Å². The Kier molecular flexibility index (Phi) is 5.03. The van der Waals surface area contributed by atoms with Gasteiger partial charge >= 0.3 is 6.09 Å². The minimum absolute atomic E-state index is 0.211. The molecule has 0 aliphatic heterocycles. The number of para-hydroxylation sites is 1. The number of amides is 1. The summed E-state index contributed by atoms with van der Waals surface area (Å²) in [7, 11) is 0. The molecule has 0 unspecified atom stereocenters. The molecule has 1 aromatic carbocycles. The van der Waals surface area contributed by atoms with Crippen LogP contribution in [0.5, 0.6) is 5.75 Å². The minimum Gasteiger partial charge on any atom is -0.506 e. The van der Waals surface area contributed by atoms with Crippen LogP contribution in [0.25, 0.3) is 0 Å². The Morgan fingerprint density at radius 1 is 1.12 bits per heavy atom. The van der Waals surface area contributed by atoms with E-state index in [1.54, 1.807) is 42.6 Å². The molecule has 1 heterocycles. The Bertz CT molecular complexity index is 446. The van der Waals surface area contributed by atoms with Crippen molar-refractivity contribution in [3.05, 3.63) is 54.9 Å². The Balaban J connectivity index is 0.000000181. The molecule has 0 atom stereocenters. The molecule has 2 rings (SSSR count). The van der Waals surface area contributed by atoms with Crippen molar-refractivity contribution in [2.75, 3.05) is 5.32 Å². The summed E-state index contributed by atoms with van der Waals surface area (Å²) in [6.07, 6.45) is 1.96. The second kappa shape index (κ2) is 6.84. The van der Waals surface area contributed by atoms with Crippen molar-refractivity contribution < 1.29 is 15.0 Å². The van der Waals surface area contributed by atoms with Crippen LogP contribution in [0.4, 0.5) is 10.5 Å². The standard InChI is InChI=1S/C7H7NO2.C5H5NO/c9-7(10)8-6-4-2-1-3-5-6;7-5-2-1-3-6-4-5/h1-5,8H,(H,9,10);1-4,7H. The van der Waals surface area contributed by atoms with Crippen molar-refractivity contribution in [1.82, 2.24) is 4.98 Å². The SMILES string of the molecule is O=C(O)Nc1ccccc1.Oc1cccnc1. The highest BCUT2D eigenvalue weighted by Gasteiger charge is 1.93. The predicted octanol–water partition coefficient (Wildman–Crippen LogP) is 2.56. The number of nitrogens with zero attached hydrogens (tertiary/aromatic N) is 1. The lowest BCUT2D eigenvalue weighted by atomic mass is 10.3. The maximum absolute atomic E-state index is 10.1. The molecular weight excluding hydrogens is 220 g/mol. The number of benzene rings is 1. The van der Waals surface area contributed by atoms with E-state index in [0.717, 1.165) is 0 Å². The molecule has 0 aliphatic carbocycles. The highest BCUT2D eigenvalue weighted by Crippen LogP contribution is 2.03. The number of hydrogen-bond donors (Lipinski definition) is 3. The van der Waals surface area contributed by atoms with Gasteiger partial charge in [0.1, 0.15) is 5.75 Å². The molecule has 0 saturated heterocycles. The van der Waals surface area contributed by atoms with E-state index in [0.29, 0.717) is 5.69 Å². The van der Waals surface area contributed by atoms with Gasteiger partial charge in [0, 0.05) is 11.9 Å². The van der Waals surface area contributed by atoms with E-state index in [4.69, 9.17) is 10.2 Å². The molecule has 0 bridgehead atoms. The molecular formula is C12H12N2O3. The predicted molar refractivity (Wildman–Crippen MR) is 64.0 cm³/mol. The summed E-state index contributed by atoms with van der Waals surface area (Å²) in [5.41, 5.74) is 0.593. The van der Waals surface area contributed by atoms with Crippen molar-refractivity contribution in [1.29, 1.82) is 0 Å². The van der Waals surface area contributed by atoms with E-state index in [2.05, 4.69) is 10.3 Å². The molecule has 1 aromatic heterocycles. The number of anilines is 1. The molecule has 1 amide bonds. The molecule has 0 aliphatic rings. The summed E-state index contributed by atoms with van der Waals surface area (Å²) in [6.45, 7) is 0. The third-order valence-corrected chi connectivity index (χ3v) is 1.67. The fraction of sp³-hybridized carbons (Fsp3) is 0. The topological polar surface area (TPSA) is 82.5 Å². The molecule has 0 fully saturated rings. The van der Waals surface area contributed by atoms with Crippen molar-refractivity contribution in [2.24, 2.45) is 0 Å². The molecule has 17 heavy (non-hydrogen) atoms. The largest absolute Gasteiger partial charge is 0.506 e. The van der Waals surface area contributed by atoms with E-state index in [1.807, 2.05) is 6.07 Å². The van der Waals surface area contributed by atoms with Crippen LogP contribution in [0.3, 0.4) is 0 Å². The van der Waals surface area contributed by atoms with Crippen LogP contribution in [0.2, 0.25) is 0 Å². The van der Waals surface area contributed by atoms with Crippen LogP contribution in [-0.2, 0) is 0 Å². The Hall–Kier alpha value is -2.56. The molecule has 3 N–H and O–H groups in total. The van der Waals surface area contributed by atoms with Crippen LogP contribution in [0.1, 0.15) is 0 Å². The number of aromatic nitrogens is 1. The maximum atomic E-state index is 10.1. The molecule has 2 aromatic rings. The Morgan fingerprint density at radius 2 is 1.82 bits per heavy atom. The molecule has 0 saturated carbocycles. The quantitative estimate of drug-likeness (QED) is 0.705. The number of hydrogen-bond acceptors (Lipinski definition) is 3. The van der Waals surface area contributed by atoms with Gasteiger partial charge in [0.25, 0.3) is 0 Å². The molecule has 0 spiro atoms. The van der Waals surface area contributed by atoms with Gasteiger partial charge in [-0.2, -0.15) is 0 Å². The number of nitrogens with one attached hydrogen (secondary N) is 1. The summed E-state index contributed by atoms with van der Waals surface area (Å²) in [5, 5.41) is 19.0. The van der Waals surface area contributed by atoms with Gasteiger partial charge in [-0.3, -0.25) is 10.3 Å². The van der Waals surface area contributed by atoms with Crippen molar-refractivity contribution >= 4 is 11.8 Å². The number of pyridine rings is 1. The van der Waals surface area contributed by atoms with Crippen LogP contribution in [-0.4, -0.2) is 21.3 Å². The van der Waals surface area contributed by atoms with Crippen molar-refractivity contribution in [3.63, 3.8) is 0 Å². The molecule has 0 radical (unpaired) electrons. The summed E-state index contributed by atoms with van der Waals surface area (Å²) in [4.78, 5) is 13.7. The lowest BCUT2D eigenvalue weighted by Crippen LogP contribution is -2.06. The average molecular weight is 232 g/mol. The third kappa shape index (κ3) is 5.78. The van der Waals surface area contributed by atoms with Gasteiger partial charge < -0.3 is 10.2 Å². The van der Waals surface area contributed by atoms with Crippen LogP contribution < -0.4 is 5.32 Å². The molecule has 5 nitrogen and oxygen atoms in total.